The molecule has 2 amide bonds. The fourth-order valence-corrected chi connectivity index (χ4v) is 0.778. The largest absolute Gasteiger partial charge is 0.447 e. The zero-order valence-corrected chi connectivity index (χ0v) is 9.08. The number of hydrogen-bond donors (Lipinski definition) is 2. The Balaban J connectivity index is 3.91. The Morgan fingerprint density at radius 2 is 2.00 bits per heavy atom. The lowest BCUT2D eigenvalue weighted by Crippen LogP contribution is -2.42. The fraction of sp³-hybridized carbons (Fsp3) is 0.750. The van der Waals surface area contributed by atoms with Gasteiger partial charge in [0.15, 0.2) is 0 Å². The summed E-state index contributed by atoms with van der Waals surface area (Å²) >= 11 is 0. The van der Waals surface area contributed by atoms with E-state index >= 15 is 0 Å². The van der Waals surface area contributed by atoms with E-state index in [9.17, 15) is 22.8 Å². The first-order chi connectivity index (χ1) is 7.76. The monoisotopic (exact) mass is 258 g/mol. The normalized spacial score (nSPS) is 10.9. The van der Waals surface area contributed by atoms with Gasteiger partial charge in [0.25, 0.3) is 0 Å². The van der Waals surface area contributed by atoms with Crippen LogP contribution in [0.4, 0.5) is 18.0 Å². The van der Waals surface area contributed by atoms with Gasteiger partial charge in [0.1, 0.15) is 19.7 Å². The number of hydrogen-bond acceptors (Lipinski definition) is 4. The van der Waals surface area contributed by atoms with E-state index in [1.54, 1.807) is 5.32 Å². The zero-order valence-electron chi connectivity index (χ0n) is 9.08. The van der Waals surface area contributed by atoms with Crippen molar-refractivity contribution in [1.82, 2.24) is 10.2 Å². The summed E-state index contributed by atoms with van der Waals surface area (Å²) in [6.45, 7) is -2.63. The number of likely N-dealkylation sites (N-methyl/N-ethyl adjacent to an activating group) is 1. The van der Waals surface area contributed by atoms with Crippen LogP contribution in [0, 0.1) is 0 Å². The van der Waals surface area contributed by atoms with Gasteiger partial charge in [-0.05, 0) is 0 Å². The molecule has 0 heterocycles. The van der Waals surface area contributed by atoms with Crippen LogP contribution < -0.4 is 5.32 Å². The molecule has 100 valence electrons. The topological polar surface area (TPSA) is 78.9 Å². The van der Waals surface area contributed by atoms with Gasteiger partial charge in [-0.1, -0.05) is 0 Å². The molecule has 0 aromatic heterocycles. The van der Waals surface area contributed by atoms with Gasteiger partial charge >= 0.3 is 12.3 Å². The van der Waals surface area contributed by atoms with Crippen molar-refractivity contribution < 1.29 is 32.6 Å². The van der Waals surface area contributed by atoms with Crippen molar-refractivity contribution in [3.63, 3.8) is 0 Å². The van der Waals surface area contributed by atoms with Crippen molar-refractivity contribution in [3.05, 3.63) is 0 Å². The van der Waals surface area contributed by atoms with Crippen LogP contribution in [0.25, 0.3) is 0 Å². The maximum Gasteiger partial charge on any atom is 0.410 e. The summed E-state index contributed by atoms with van der Waals surface area (Å²) in [5, 5.41) is 9.95. The Labute approximate surface area is 95.3 Å². The molecule has 0 bridgehead atoms. The third-order valence-corrected chi connectivity index (χ3v) is 1.50. The third kappa shape index (κ3) is 8.31. The maximum absolute atomic E-state index is 11.7. The summed E-state index contributed by atoms with van der Waals surface area (Å²) in [6.07, 6.45) is -5.40. The second-order valence-corrected chi connectivity index (χ2v) is 3.09. The predicted octanol–water partition coefficient (Wildman–Crippen LogP) is -0.274. The SMILES string of the molecule is CN(CC(=O)NCC(F)(F)F)C(=O)OCCO. The van der Waals surface area contributed by atoms with Crippen molar-refractivity contribution in [1.29, 1.82) is 0 Å². The summed E-state index contributed by atoms with van der Waals surface area (Å²) in [6, 6.07) is 0. The molecule has 2 N–H and O–H groups in total. The molecule has 0 aliphatic heterocycles. The molecule has 9 heteroatoms. The molecule has 0 unspecified atom stereocenters. The Kier molecular flexibility index (Phi) is 6.33. The molecule has 0 rings (SSSR count). The van der Waals surface area contributed by atoms with E-state index in [1.807, 2.05) is 0 Å². The summed E-state index contributed by atoms with van der Waals surface area (Å²) in [4.78, 5) is 22.8. The average Bonchev–Trinajstić information content (AvgIpc) is 2.22. The van der Waals surface area contributed by atoms with Crippen LogP contribution in [-0.4, -0.2) is 61.5 Å². The van der Waals surface area contributed by atoms with E-state index in [0.29, 0.717) is 0 Å². The van der Waals surface area contributed by atoms with Crippen LogP contribution in [-0.2, 0) is 9.53 Å². The number of aliphatic hydroxyl groups is 1. The number of halogens is 3. The number of ether oxygens (including phenoxy) is 1. The number of carbonyl (C=O) groups is 2. The summed E-state index contributed by atoms with van der Waals surface area (Å²) in [5.41, 5.74) is 0. The number of amides is 2. The summed E-state index contributed by atoms with van der Waals surface area (Å²) in [5.74, 6) is -0.953. The average molecular weight is 258 g/mol. The molecule has 0 aliphatic rings. The molecule has 0 fully saturated rings. The molecule has 6 nitrogen and oxygen atoms in total. The van der Waals surface area contributed by atoms with Crippen LogP contribution in [0.15, 0.2) is 0 Å². The van der Waals surface area contributed by atoms with Gasteiger partial charge in [-0.3, -0.25) is 4.79 Å². The first-order valence-corrected chi connectivity index (χ1v) is 4.58. The second kappa shape index (κ2) is 6.94. The minimum atomic E-state index is -4.49. The molecule has 0 saturated heterocycles. The number of rotatable bonds is 5. The van der Waals surface area contributed by atoms with Crippen LogP contribution in [0.5, 0.6) is 0 Å². The Hall–Kier alpha value is -1.51. The highest BCUT2D eigenvalue weighted by atomic mass is 19.4. The van der Waals surface area contributed by atoms with Gasteiger partial charge in [-0.2, -0.15) is 13.2 Å². The number of nitrogens with one attached hydrogen (secondary N) is 1. The smallest absolute Gasteiger partial charge is 0.410 e. The molecule has 17 heavy (non-hydrogen) atoms. The first kappa shape index (κ1) is 15.5. The van der Waals surface area contributed by atoms with Crippen LogP contribution in [0.3, 0.4) is 0 Å². The molecule has 0 saturated carbocycles. The van der Waals surface area contributed by atoms with E-state index in [4.69, 9.17) is 5.11 Å². The fourth-order valence-electron chi connectivity index (χ4n) is 0.778. The standard InChI is InChI=1S/C8H13F3N2O4/c1-13(7(16)17-3-2-14)4-6(15)12-5-8(9,10)11/h14H,2-5H2,1H3,(H,12,15). The molecule has 0 spiro atoms. The van der Waals surface area contributed by atoms with E-state index in [2.05, 4.69) is 4.74 Å². The lowest BCUT2D eigenvalue weighted by atomic mass is 10.5. The van der Waals surface area contributed by atoms with E-state index in [-0.39, 0.29) is 13.2 Å². The van der Waals surface area contributed by atoms with Gasteiger partial charge in [-0.25, -0.2) is 4.79 Å². The zero-order chi connectivity index (χ0) is 13.5. The minimum Gasteiger partial charge on any atom is -0.447 e. The van der Waals surface area contributed by atoms with Gasteiger partial charge in [-0.15, -0.1) is 0 Å². The molecule has 0 aliphatic carbocycles. The second-order valence-electron chi connectivity index (χ2n) is 3.09. The van der Waals surface area contributed by atoms with Crippen molar-refractivity contribution in [2.45, 2.75) is 6.18 Å². The summed E-state index contributed by atoms with van der Waals surface area (Å²) < 4.78 is 39.6. The van der Waals surface area contributed by atoms with Crippen LogP contribution in [0.1, 0.15) is 0 Å². The molecule has 0 aromatic carbocycles. The predicted molar refractivity (Wildman–Crippen MR) is 50.1 cm³/mol. The molecule has 0 atom stereocenters. The quantitative estimate of drug-likeness (QED) is 0.711. The van der Waals surface area contributed by atoms with Crippen molar-refractivity contribution in [2.75, 3.05) is 33.4 Å². The van der Waals surface area contributed by atoms with Gasteiger partial charge in [0.05, 0.1) is 6.61 Å². The highest BCUT2D eigenvalue weighted by Gasteiger charge is 2.28. The van der Waals surface area contributed by atoms with Crippen molar-refractivity contribution in [3.8, 4) is 0 Å². The number of aliphatic hydroxyl groups excluding tert-OH is 1. The lowest BCUT2D eigenvalue weighted by molar-refractivity contribution is -0.138. The molecule has 0 radical (unpaired) electrons. The molecular weight excluding hydrogens is 245 g/mol. The van der Waals surface area contributed by atoms with Crippen LogP contribution >= 0.6 is 0 Å². The van der Waals surface area contributed by atoms with E-state index in [1.165, 1.54) is 7.05 Å². The minimum absolute atomic E-state index is 0.243. The van der Waals surface area contributed by atoms with Gasteiger partial charge in [0, 0.05) is 7.05 Å². The van der Waals surface area contributed by atoms with Crippen molar-refractivity contribution in [2.24, 2.45) is 0 Å². The van der Waals surface area contributed by atoms with E-state index < -0.39 is 31.3 Å². The highest BCUT2D eigenvalue weighted by Crippen LogP contribution is 2.11. The molecular formula is C8H13F3N2O4. The number of carbonyl (C=O) groups excluding carboxylic acids is 2. The highest BCUT2D eigenvalue weighted by molar-refractivity contribution is 5.82. The number of alkyl halides is 3. The number of nitrogens with zero attached hydrogens (tertiary/aromatic N) is 1. The molecule has 0 aromatic rings. The first-order valence-electron chi connectivity index (χ1n) is 4.58. The van der Waals surface area contributed by atoms with Gasteiger partial charge in [0.2, 0.25) is 5.91 Å². The summed E-state index contributed by atoms with van der Waals surface area (Å²) in [7, 11) is 1.19. The lowest BCUT2D eigenvalue weighted by Gasteiger charge is -2.16. The van der Waals surface area contributed by atoms with Gasteiger partial charge < -0.3 is 20.1 Å². The maximum atomic E-state index is 11.7. The Morgan fingerprint density at radius 1 is 1.41 bits per heavy atom. The van der Waals surface area contributed by atoms with Crippen molar-refractivity contribution >= 4 is 12.0 Å². The third-order valence-electron chi connectivity index (χ3n) is 1.50. The van der Waals surface area contributed by atoms with Crippen LogP contribution in [0.2, 0.25) is 0 Å². The van der Waals surface area contributed by atoms with E-state index in [0.717, 1.165) is 4.90 Å². The Bertz CT molecular complexity index is 270. The Morgan fingerprint density at radius 3 is 2.47 bits per heavy atom.